The Hall–Kier alpha value is -2.56. The molecule has 0 atom stereocenters. The summed E-state index contributed by atoms with van der Waals surface area (Å²) < 4.78 is 1.52. The summed E-state index contributed by atoms with van der Waals surface area (Å²) in [5, 5.41) is 0. The van der Waals surface area contributed by atoms with Crippen molar-refractivity contribution in [3.8, 4) is 11.4 Å². The summed E-state index contributed by atoms with van der Waals surface area (Å²) in [5.41, 5.74) is 8.46. The molecule has 1 aromatic carbocycles. The van der Waals surface area contributed by atoms with Gasteiger partial charge >= 0.3 is 0 Å². The Balaban J connectivity index is 2.26. The number of hydrogen-bond donors (Lipinski definition) is 2. The SMILES string of the molecule is Cn1cccc(-c2nc3cc(N)ccc3[nH]2)c1=O. The number of anilines is 1. The van der Waals surface area contributed by atoms with Crippen LogP contribution in [0.4, 0.5) is 5.69 Å². The molecule has 3 aromatic rings. The van der Waals surface area contributed by atoms with Crippen LogP contribution in [0.1, 0.15) is 0 Å². The highest BCUT2D eigenvalue weighted by Gasteiger charge is 2.09. The number of aromatic amines is 1. The second-order valence-electron chi connectivity index (χ2n) is 4.20. The Labute approximate surface area is 103 Å². The first-order valence-corrected chi connectivity index (χ1v) is 5.56. The third-order valence-corrected chi connectivity index (χ3v) is 2.89. The van der Waals surface area contributed by atoms with Crippen LogP contribution in [0.2, 0.25) is 0 Å². The molecule has 2 heterocycles. The van der Waals surface area contributed by atoms with Gasteiger partial charge in [-0.3, -0.25) is 4.79 Å². The van der Waals surface area contributed by atoms with Crippen molar-refractivity contribution in [2.45, 2.75) is 0 Å². The fourth-order valence-corrected chi connectivity index (χ4v) is 1.93. The van der Waals surface area contributed by atoms with Gasteiger partial charge in [0.15, 0.2) is 0 Å². The van der Waals surface area contributed by atoms with Crippen LogP contribution in [-0.4, -0.2) is 14.5 Å². The number of pyridine rings is 1. The molecular formula is C13H12N4O. The van der Waals surface area contributed by atoms with E-state index in [0.717, 1.165) is 11.0 Å². The van der Waals surface area contributed by atoms with Gasteiger partial charge in [-0.15, -0.1) is 0 Å². The number of imidazole rings is 1. The van der Waals surface area contributed by atoms with E-state index in [9.17, 15) is 4.79 Å². The first-order valence-electron chi connectivity index (χ1n) is 5.56. The van der Waals surface area contributed by atoms with E-state index >= 15 is 0 Å². The quantitative estimate of drug-likeness (QED) is 0.633. The summed E-state index contributed by atoms with van der Waals surface area (Å²) >= 11 is 0. The standard InChI is InChI=1S/C13H12N4O/c1-17-6-2-3-9(13(17)18)12-15-10-5-4-8(14)7-11(10)16-12/h2-7H,14H2,1H3,(H,15,16). The van der Waals surface area contributed by atoms with Gasteiger partial charge in [0.05, 0.1) is 16.6 Å². The summed E-state index contributed by atoms with van der Waals surface area (Å²) in [6.07, 6.45) is 1.71. The van der Waals surface area contributed by atoms with Gasteiger partial charge in [0.1, 0.15) is 5.82 Å². The smallest absolute Gasteiger partial charge is 0.261 e. The molecule has 0 saturated carbocycles. The lowest BCUT2D eigenvalue weighted by Crippen LogP contribution is -2.17. The molecular weight excluding hydrogens is 228 g/mol. The van der Waals surface area contributed by atoms with Crippen LogP contribution < -0.4 is 11.3 Å². The average molecular weight is 240 g/mol. The van der Waals surface area contributed by atoms with Gasteiger partial charge in [0.25, 0.3) is 5.56 Å². The van der Waals surface area contributed by atoms with E-state index in [0.29, 0.717) is 17.1 Å². The molecule has 3 rings (SSSR count). The average Bonchev–Trinajstić information content (AvgIpc) is 2.75. The number of nitrogens with zero attached hydrogens (tertiary/aromatic N) is 2. The van der Waals surface area contributed by atoms with Crippen molar-refractivity contribution in [3.05, 3.63) is 46.9 Å². The highest BCUT2D eigenvalue weighted by Crippen LogP contribution is 2.19. The molecule has 0 aliphatic heterocycles. The molecule has 0 aliphatic rings. The molecule has 0 fully saturated rings. The molecule has 0 unspecified atom stereocenters. The van der Waals surface area contributed by atoms with Crippen molar-refractivity contribution >= 4 is 16.7 Å². The number of aryl methyl sites for hydroxylation is 1. The van der Waals surface area contributed by atoms with E-state index in [1.54, 1.807) is 31.4 Å². The van der Waals surface area contributed by atoms with E-state index < -0.39 is 0 Å². The number of benzene rings is 1. The first kappa shape index (κ1) is 10.6. The molecule has 0 bridgehead atoms. The van der Waals surface area contributed by atoms with Crippen LogP contribution in [-0.2, 0) is 7.05 Å². The second kappa shape index (κ2) is 3.73. The molecule has 5 nitrogen and oxygen atoms in total. The number of rotatable bonds is 1. The highest BCUT2D eigenvalue weighted by molar-refractivity contribution is 5.82. The molecule has 0 radical (unpaired) electrons. The Morgan fingerprint density at radius 2 is 2.17 bits per heavy atom. The van der Waals surface area contributed by atoms with E-state index in [1.807, 2.05) is 12.1 Å². The normalized spacial score (nSPS) is 10.9. The zero-order chi connectivity index (χ0) is 12.7. The van der Waals surface area contributed by atoms with Crippen LogP contribution >= 0.6 is 0 Å². The number of fused-ring (bicyclic) bond motifs is 1. The molecule has 0 saturated heterocycles. The summed E-state index contributed by atoms with van der Waals surface area (Å²) in [5.74, 6) is 0.566. The van der Waals surface area contributed by atoms with E-state index in [1.165, 1.54) is 4.57 Å². The molecule has 0 aliphatic carbocycles. The maximum Gasteiger partial charge on any atom is 0.261 e. The molecule has 18 heavy (non-hydrogen) atoms. The summed E-state index contributed by atoms with van der Waals surface area (Å²) in [4.78, 5) is 19.5. The van der Waals surface area contributed by atoms with Gasteiger partial charge in [-0.25, -0.2) is 4.98 Å². The van der Waals surface area contributed by atoms with Crippen LogP contribution in [0.5, 0.6) is 0 Å². The van der Waals surface area contributed by atoms with Crippen molar-refractivity contribution in [2.75, 3.05) is 5.73 Å². The van der Waals surface area contributed by atoms with Crippen molar-refractivity contribution < 1.29 is 0 Å². The maximum absolute atomic E-state index is 12.0. The van der Waals surface area contributed by atoms with Crippen molar-refractivity contribution in [1.29, 1.82) is 0 Å². The predicted octanol–water partition coefficient (Wildman–Crippen LogP) is 1.51. The minimum atomic E-state index is -0.0791. The summed E-state index contributed by atoms with van der Waals surface area (Å²) in [6.45, 7) is 0. The number of aromatic nitrogens is 3. The van der Waals surface area contributed by atoms with Crippen LogP contribution in [0.15, 0.2) is 41.3 Å². The molecule has 0 amide bonds. The number of nitrogens with one attached hydrogen (secondary N) is 1. The Morgan fingerprint density at radius 3 is 3.00 bits per heavy atom. The van der Waals surface area contributed by atoms with Crippen molar-refractivity contribution in [3.63, 3.8) is 0 Å². The van der Waals surface area contributed by atoms with Crippen LogP contribution in [0.25, 0.3) is 22.4 Å². The van der Waals surface area contributed by atoms with Crippen molar-refractivity contribution in [1.82, 2.24) is 14.5 Å². The van der Waals surface area contributed by atoms with Gasteiger partial charge < -0.3 is 15.3 Å². The van der Waals surface area contributed by atoms with Gasteiger partial charge in [0.2, 0.25) is 0 Å². The monoisotopic (exact) mass is 240 g/mol. The van der Waals surface area contributed by atoms with Gasteiger partial charge in [-0.1, -0.05) is 0 Å². The molecule has 3 N–H and O–H groups in total. The fourth-order valence-electron chi connectivity index (χ4n) is 1.93. The minimum Gasteiger partial charge on any atom is -0.399 e. The summed E-state index contributed by atoms with van der Waals surface area (Å²) in [7, 11) is 1.71. The van der Waals surface area contributed by atoms with E-state index in [-0.39, 0.29) is 5.56 Å². The molecule has 2 aromatic heterocycles. The predicted molar refractivity (Wildman–Crippen MR) is 71.2 cm³/mol. The number of nitrogens with two attached hydrogens (primary N) is 1. The zero-order valence-corrected chi connectivity index (χ0v) is 9.84. The second-order valence-corrected chi connectivity index (χ2v) is 4.20. The lowest BCUT2D eigenvalue weighted by molar-refractivity contribution is 0.861. The van der Waals surface area contributed by atoms with E-state index in [2.05, 4.69) is 9.97 Å². The maximum atomic E-state index is 12.0. The third kappa shape index (κ3) is 1.57. The third-order valence-electron chi connectivity index (χ3n) is 2.89. The molecule has 5 heteroatoms. The Kier molecular flexibility index (Phi) is 2.19. The topological polar surface area (TPSA) is 76.7 Å². The van der Waals surface area contributed by atoms with Gasteiger partial charge in [0, 0.05) is 18.9 Å². The molecule has 90 valence electrons. The number of nitrogen functional groups attached to an aromatic ring is 1. The fraction of sp³-hybridized carbons (Fsp3) is 0.0769. The van der Waals surface area contributed by atoms with Crippen LogP contribution in [0.3, 0.4) is 0 Å². The zero-order valence-electron chi connectivity index (χ0n) is 9.84. The van der Waals surface area contributed by atoms with Crippen molar-refractivity contribution in [2.24, 2.45) is 7.05 Å². The highest BCUT2D eigenvalue weighted by atomic mass is 16.1. The first-order chi connectivity index (χ1) is 8.65. The minimum absolute atomic E-state index is 0.0791. The summed E-state index contributed by atoms with van der Waals surface area (Å²) in [6, 6.07) is 9.01. The largest absolute Gasteiger partial charge is 0.399 e. The number of H-pyrrole nitrogens is 1. The lowest BCUT2D eigenvalue weighted by atomic mass is 10.2. The van der Waals surface area contributed by atoms with Gasteiger partial charge in [-0.2, -0.15) is 0 Å². The van der Waals surface area contributed by atoms with Gasteiger partial charge in [-0.05, 0) is 30.3 Å². The van der Waals surface area contributed by atoms with Crippen LogP contribution in [0, 0.1) is 0 Å². The lowest BCUT2D eigenvalue weighted by Gasteiger charge is -1.99. The Bertz CT molecular complexity index is 785. The number of hydrogen-bond acceptors (Lipinski definition) is 3. The molecule has 0 spiro atoms. The Morgan fingerprint density at radius 1 is 1.33 bits per heavy atom. The van der Waals surface area contributed by atoms with E-state index in [4.69, 9.17) is 5.73 Å².